The first-order valence-corrected chi connectivity index (χ1v) is 2.51. The van der Waals surface area contributed by atoms with Crippen LogP contribution in [-0.4, -0.2) is 32.2 Å². The molecule has 8 heavy (non-hydrogen) atoms. The van der Waals surface area contributed by atoms with Gasteiger partial charge in [-0.2, -0.15) is 0 Å². The van der Waals surface area contributed by atoms with Gasteiger partial charge in [0.2, 0.25) is 0 Å². The molecule has 0 aromatic heterocycles. The van der Waals surface area contributed by atoms with E-state index in [4.69, 9.17) is 14.6 Å². The Bertz CT molecular complexity index is 42.9. The molecule has 0 fully saturated rings. The van der Waals surface area contributed by atoms with Crippen LogP contribution in [0.1, 0.15) is 6.42 Å². The van der Waals surface area contributed by atoms with E-state index in [1.807, 2.05) is 0 Å². The average Bonchev–Trinajstić information content (AvgIpc) is 1.83. The smallest absolute Gasteiger partial charge is 0.159 e. The molecule has 0 unspecified atom stereocenters. The molecular formula is C5H12O3. The third-order valence-corrected chi connectivity index (χ3v) is 0.891. The second kappa shape index (κ2) is 5.03. The van der Waals surface area contributed by atoms with Crippen molar-refractivity contribution < 1.29 is 14.6 Å². The summed E-state index contributed by atoms with van der Waals surface area (Å²) >= 11 is 0. The molecule has 50 valence electrons. The standard InChI is InChI=1S/C5H12O3/c1-7-5(8-2)3-4-6/h5-6H,3-4H2,1-2H3. The summed E-state index contributed by atoms with van der Waals surface area (Å²) in [5, 5.41) is 8.34. The van der Waals surface area contributed by atoms with Crippen LogP contribution in [-0.2, 0) is 9.47 Å². The molecule has 0 aliphatic carbocycles. The molecule has 0 atom stereocenters. The quantitative estimate of drug-likeness (QED) is 0.530. The molecule has 3 nitrogen and oxygen atoms in total. The fourth-order valence-corrected chi connectivity index (χ4v) is 0.437. The van der Waals surface area contributed by atoms with Crippen molar-refractivity contribution in [3.05, 3.63) is 0 Å². The summed E-state index contributed by atoms with van der Waals surface area (Å²) in [6.45, 7) is 0.104. The second-order valence-corrected chi connectivity index (χ2v) is 1.41. The molecule has 3 heteroatoms. The molecule has 0 radical (unpaired) electrons. The topological polar surface area (TPSA) is 38.7 Å². The lowest BCUT2D eigenvalue weighted by atomic mass is 10.4. The number of methoxy groups -OCH3 is 2. The lowest BCUT2D eigenvalue weighted by Gasteiger charge is -2.09. The summed E-state index contributed by atoms with van der Waals surface area (Å²) in [6.07, 6.45) is 0.285. The van der Waals surface area contributed by atoms with Gasteiger partial charge in [0.05, 0.1) is 0 Å². The minimum atomic E-state index is -0.250. The summed E-state index contributed by atoms with van der Waals surface area (Å²) in [6, 6.07) is 0. The van der Waals surface area contributed by atoms with Gasteiger partial charge in [-0.3, -0.25) is 0 Å². The molecule has 0 aliphatic heterocycles. The van der Waals surface area contributed by atoms with Crippen LogP contribution in [0, 0.1) is 0 Å². The van der Waals surface area contributed by atoms with Crippen molar-refractivity contribution in [3.63, 3.8) is 0 Å². The van der Waals surface area contributed by atoms with E-state index in [0.717, 1.165) is 0 Å². The van der Waals surface area contributed by atoms with E-state index >= 15 is 0 Å². The van der Waals surface area contributed by atoms with Crippen molar-refractivity contribution in [3.8, 4) is 0 Å². The number of hydrogen-bond acceptors (Lipinski definition) is 3. The zero-order valence-electron chi connectivity index (χ0n) is 5.26. The molecule has 0 amide bonds. The molecule has 0 saturated carbocycles. The van der Waals surface area contributed by atoms with Crippen molar-refractivity contribution in [2.45, 2.75) is 12.7 Å². The number of ether oxygens (including phenoxy) is 2. The van der Waals surface area contributed by atoms with Gasteiger partial charge < -0.3 is 14.6 Å². The van der Waals surface area contributed by atoms with E-state index < -0.39 is 0 Å². The first-order valence-electron chi connectivity index (χ1n) is 2.51. The predicted octanol–water partition coefficient (Wildman–Crippen LogP) is -0.0123. The van der Waals surface area contributed by atoms with E-state index in [9.17, 15) is 0 Å². The van der Waals surface area contributed by atoms with Gasteiger partial charge in [0.1, 0.15) is 0 Å². The maximum Gasteiger partial charge on any atom is 0.159 e. The number of aliphatic hydroxyl groups is 1. The van der Waals surface area contributed by atoms with Gasteiger partial charge in [0.25, 0.3) is 0 Å². The van der Waals surface area contributed by atoms with Gasteiger partial charge in [0, 0.05) is 27.2 Å². The van der Waals surface area contributed by atoms with Crippen LogP contribution in [0.15, 0.2) is 0 Å². The molecule has 0 aromatic carbocycles. The average molecular weight is 120 g/mol. The number of hydrogen-bond donors (Lipinski definition) is 1. The van der Waals surface area contributed by atoms with Gasteiger partial charge >= 0.3 is 0 Å². The Morgan fingerprint density at radius 1 is 1.38 bits per heavy atom. The van der Waals surface area contributed by atoms with Gasteiger partial charge in [-0.25, -0.2) is 0 Å². The monoisotopic (exact) mass is 120 g/mol. The summed E-state index contributed by atoms with van der Waals surface area (Å²) in [7, 11) is 3.09. The normalized spacial score (nSPS) is 10.5. The summed E-state index contributed by atoms with van der Waals surface area (Å²) in [4.78, 5) is 0. The highest BCUT2D eigenvalue weighted by Gasteiger charge is 2.00. The maximum absolute atomic E-state index is 8.34. The molecule has 0 heterocycles. The van der Waals surface area contributed by atoms with E-state index in [1.165, 1.54) is 0 Å². The zero-order valence-corrected chi connectivity index (χ0v) is 5.26. The highest BCUT2D eigenvalue weighted by Crippen LogP contribution is 1.94. The lowest BCUT2D eigenvalue weighted by Crippen LogP contribution is -2.13. The fourth-order valence-electron chi connectivity index (χ4n) is 0.437. The third-order valence-electron chi connectivity index (χ3n) is 0.891. The first kappa shape index (κ1) is 7.88. The van der Waals surface area contributed by atoms with Gasteiger partial charge in [-0.1, -0.05) is 0 Å². The molecule has 1 N–H and O–H groups in total. The Balaban J connectivity index is 3.07. The Kier molecular flexibility index (Phi) is 4.95. The number of aliphatic hydroxyl groups excluding tert-OH is 1. The van der Waals surface area contributed by atoms with Crippen LogP contribution in [0.4, 0.5) is 0 Å². The van der Waals surface area contributed by atoms with Crippen LogP contribution in [0.5, 0.6) is 0 Å². The van der Waals surface area contributed by atoms with Crippen molar-refractivity contribution in [1.82, 2.24) is 0 Å². The second-order valence-electron chi connectivity index (χ2n) is 1.41. The Morgan fingerprint density at radius 2 is 1.88 bits per heavy atom. The molecule has 0 aliphatic rings. The lowest BCUT2D eigenvalue weighted by molar-refractivity contribution is -0.111. The van der Waals surface area contributed by atoms with Crippen molar-refractivity contribution in [1.29, 1.82) is 0 Å². The highest BCUT2D eigenvalue weighted by atomic mass is 16.7. The van der Waals surface area contributed by atoms with Gasteiger partial charge in [-0.15, -0.1) is 0 Å². The SMILES string of the molecule is COC(CCO)OC. The number of rotatable bonds is 4. The van der Waals surface area contributed by atoms with E-state index in [2.05, 4.69) is 0 Å². The molecule has 0 bridgehead atoms. The van der Waals surface area contributed by atoms with Crippen molar-refractivity contribution in [2.24, 2.45) is 0 Å². The molecule has 0 spiro atoms. The van der Waals surface area contributed by atoms with Crippen LogP contribution in [0.25, 0.3) is 0 Å². The largest absolute Gasteiger partial charge is 0.396 e. The minimum absolute atomic E-state index is 0.104. The maximum atomic E-state index is 8.34. The molecule has 0 rings (SSSR count). The van der Waals surface area contributed by atoms with Gasteiger partial charge in [-0.05, 0) is 0 Å². The Hall–Kier alpha value is -0.120. The van der Waals surface area contributed by atoms with E-state index in [0.29, 0.717) is 6.42 Å². The summed E-state index contributed by atoms with van der Waals surface area (Å²) in [5.74, 6) is 0. The van der Waals surface area contributed by atoms with E-state index in [-0.39, 0.29) is 12.9 Å². The Morgan fingerprint density at radius 3 is 2.00 bits per heavy atom. The van der Waals surface area contributed by atoms with Crippen LogP contribution in [0.2, 0.25) is 0 Å². The molecule has 0 saturated heterocycles. The summed E-state index contributed by atoms with van der Waals surface area (Å²) in [5.41, 5.74) is 0. The highest BCUT2D eigenvalue weighted by molar-refractivity contribution is 4.38. The van der Waals surface area contributed by atoms with Gasteiger partial charge in [0.15, 0.2) is 6.29 Å². The van der Waals surface area contributed by atoms with Crippen LogP contribution in [0.3, 0.4) is 0 Å². The van der Waals surface area contributed by atoms with Crippen molar-refractivity contribution in [2.75, 3.05) is 20.8 Å². The third kappa shape index (κ3) is 2.96. The Labute approximate surface area is 49.2 Å². The predicted molar refractivity (Wildman–Crippen MR) is 29.5 cm³/mol. The molecule has 0 aromatic rings. The molecular weight excluding hydrogens is 108 g/mol. The van der Waals surface area contributed by atoms with Crippen LogP contribution >= 0.6 is 0 Å². The first-order chi connectivity index (χ1) is 3.85. The van der Waals surface area contributed by atoms with E-state index in [1.54, 1.807) is 14.2 Å². The van der Waals surface area contributed by atoms with Crippen molar-refractivity contribution >= 4 is 0 Å². The fraction of sp³-hybridized carbons (Fsp3) is 1.00. The zero-order chi connectivity index (χ0) is 6.41. The van der Waals surface area contributed by atoms with Crippen LogP contribution < -0.4 is 0 Å². The minimum Gasteiger partial charge on any atom is -0.396 e. The summed E-state index contributed by atoms with van der Waals surface area (Å²) < 4.78 is 9.52.